The van der Waals surface area contributed by atoms with Gasteiger partial charge in [0, 0.05) is 26.6 Å². The Labute approximate surface area is 154 Å². The van der Waals surface area contributed by atoms with E-state index in [0.717, 1.165) is 18.5 Å². The molecule has 0 spiro atoms. The smallest absolute Gasteiger partial charge is 0.228 e. The average molecular weight is 348 g/mol. The third-order valence-corrected chi connectivity index (χ3v) is 5.76. The van der Waals surface area contributed by atoms with E-state index < -0.39 is 0 Å². The molecule has 134 valence electrons. The number of hydrogen-bond acceptors (Lipinski definition) is 2. The Morgan fingerprint density at radius 3 is 2.46 bits per heavy atom. The van der Waals surface area contributed by atoms with Crippen molar-refractivity contribution >= 4 is 11.8 Å². The Hall–Kier alpha value is -2.62. The highest BCUT2D eigenvalue weighted by atomic mass is 16.2. The van der Waals surface area contributed by atoms with Gasteiger partial charge in [-0.2, -0.15) is 0 Å². The van der Waals surface area contributed by atoms with Crippen molar-refractivity contribution in [3.05, 3.63) is 70.8 Å². The third-order valence-electron chi connectivity index (χ3n) is 5.76. The van der Waals surface area contributed by atoms with Gasteiger partial charge in [0.1, 0.15) is 0 Å². The lowest BCUT2D eigenvalue weighted by Gasteiger charge is -2.33. The van der Waals surface area contributed by atoms with Crippen LogP contribution in [-0.2, 0) is 22.6 Å². The van der Waals surface area contributed by atoms with Crippen LogP contribution in [0, 0.1) is 12.8 Å². The minimum Gasteiger partial charge on any atom is -0.338 e. The first kappa shape index (κ1) is 16.8. The zero-order valence-electron chi connectivity index (χ0n) is 15.3. The van der Waals surface area contributed by atoms with Crippen molar-refractivity contribution in [2.45, 2.75) is 32.4 Å². The first-order valence-electron chi connectivity index (χ1n) is 9.22. The number of hydrogen-bond donors (Lipinski definition) is 0. The molecule has 1 fully saturated rings. The lowest BCUT2D eigenvalue weighted by atomic mass is 9.90. The fraction of sp³-hybridized carbons (Fsp3) is 0.364. The second-order valence-electron chi connectivity index (χ2n) is 7.45. The van der Waals surface area contributed by atoms with Crippen molar-refractivity contribution in [2.24, 2.45) is 5.92 Å². The van der Waals surface area contributed by atoms with Crippen molar-refractivity contribution < 1.29 is 9.59 Å². The van der Waals surface area contributed by atoms with Crippen LogP contribution in [0.4, 0.5) is 0 Å². The van der Waals surface area contributed by atoms with Crippen molar-refractivity contribution in [3.63, 3.8) is 0 Å². The Morgan fingerprint density at radius 1 is 1.04 bits per heavy atom. The molecule has 0 unspecified atom stereocenters. The van der Waals surface area contributed by atoms with Crippen LogP contribution in [0.5, 0.6) is 0 Å². The van der Waals surface area contributed by atoms with Gasteiger partial charge in [0.2, 0.25) is 11.8 Å². The van der Waals surface area contributed by atoms with Crippen molar-refractivity contribution in [1.82, 2.24) is 9.80 Å². The predicted octanol–water partition coefficient (Wildman–Crippen LogP) is 3.10. The molecule has 4 rings (SSSR count). The first-order valence-corrected chi connectivity index (χ1v) is 9.22. The molecule has 0 aromatic heterocycles. The van der Waals surface area contributed by atoms with Crippen LogP contribution < -0.4 is 0 Å². The van der Waals surface area contributed by atoms with E-state index in [0.29, 0.717) is 13.0 Å². The van der Waals surface area contributed by atoms with Gasteiger partial charge in [-0.15, -0.1) is 0 Å². The molecule has 0 bridgehead atoms. The molecule has 2 aromatic carbocycles. The van der Waals surface area contributed by atoms with Crippen LogP contribution in [0.2, 0.25) is 0 Å². The van der Waals surface area contributed by atoms with Crippen LogP contribution >= 0.6 is 0 Å². The van der Waals surface area contributed by atoms with Gasteiger partial charge < -0.3 is 9.80 Å². The van der Waals surface area contributed by atoms with E-state index in [2.05, 4.69) is 12.1 Å². The lowest BCUT2D eigenvalue weighted by molar-refractivity contribution is -0.137. The monoisotopic (exact) mass is 348 g/mol. The number of carbonyl (C=O) groups is 2. The highest BCUT2D eigenvalue weighted by Gasteiger charge is 2.44. The molecule has 2 atom stereocenters. The molecule has 0 saturated carbocycles. The minimum absolute atomic E-state index is 0.0475. The molecule has 2 amide bonds. The molecule has 1 saturated heterocycles. The highest BCUT2D eigenvalue weighted by Crippen LogP contribution is 2.38. The van der Waals surface area contributed by atoms with Crippen molar-refractivity contribution in [1.29, 1.82) is 0 Å². The number of nitrogens with zero attached hydrogens (tertiary/aromatic N) is 2. The SMILES string of the molecule is Cc1ccc([C@H]2[C@@H](C(=O)N3CCc4ccccc4C3)CC(=O)N2C)cc1. The topological polar surface area (TPSA) is 40.6 Å². The Kier molecular flexibility index (Phi) is 4.27. The quantitative estimate of drug-likeness (QED) is 0.837. The lowest BCUT2D eigenvalue weighted by Crippen LogP contribution is -2.41. The number of likely N-dealkylation sites (tertiary alicyclic amines) is 1. The molecule has 0 aliphatic carbocycles. The second kappa shape index (κ2) is 6.60. The number of rotatable bonds is 2. The normalized spacial score (nSPS) is 22.5. The number of aryl methyl sites for hydroxylation is 1. The van der Waals surface area contributed by atoms with Gasteiger partial charge in [-0.25, -0.2) is 0 Å². The van der Waals surface area contributed by atoms with Gasteiger partial charge in [-0.3, -0.25) is 9.59 Å². The first-order chi connectivity index (χ1) is 12.5. The minimum atomic E-state index is -0.305. The molecule has 2 aromatic rings. The Balaban J connectivity index is 1.60. The number of benzene rings is 2. The van der Waals surface area contributed by atoms with E-state index in [4.69, 9.17) is 0 Å². The maximum atomic E-state index is 13.3. The summed E-state index contributed by atoms with van der Waals surface area (Å²) < 4.78 is 0. The summed E-state index contributed by atoms with van der Waals surface area (Å²) in [6.07, 6.45) is 1.18. The van der Waals surface area contributed by atoms with E-state index >= 15 is 0 Å². The average Bonchev–Trinajstić information content (AvgIpc) is 2.96. The molecular formula is C22H24N2O2. The summed E-state index contributed by atoms with van der Waals surface area (Å²) in [6.45, 7) is 3.41. The summed E-state index contributed by atoms with van der Waals surface area (Å²) in [5.74, 6) is -0.158. The van der Waals surface area contributed by atoms with E-state index in [9.17, 15) is 9.59 Å². The molecule has 2 heterocycles. The third kappa shape index (κ3) is 2.90. The molecule has 0 radical (unpaired) electrons. The van der Waals surface area contributed by atoms with Crippen molar-refractivity contribution in [2.75, 3.05) is 13.6 Å². The van der Waals surface area contributed by atoms with Crippen LogP contribution in [-0.4, -0.2) is 35.2 Å². The van der Waals surface area contributed by atoms with Gasteiger partial charge in [0.15, 0.2) is 0 Å². The van der Waals surface area contributed by atoms with Gasteiger partial charge in [0.05, 0.1) is 12.0 Å². The number of carbonyl (C=O) groups excluding carboxylic acids is 2. The van der Waals surface area contributed by atoms with Crippen LogP contribution in [0.1, 0.15) is 34.7 Å². The van der Waals surface area contributed by atoms with Gasteiger partial charge in [0.25, 0.3) is 0 Å². The zero-order chi connectivity index (χ0) is 18.3. The molecule has 2 aliphatic heterocycles. The highest BCUT2D eigenvalue weighted by molar-refractivity contribution is 5.90. The fourth-order valence-electron chi connectivity index (χ4n) is 4.23. The summed E-state index contributed by atoms with van der Waals surface area (Å²) >= 11 is 0. The largest absolute Gasteiger partial charge is 0.338 e. The van der Waals surface area contributed by atoms with E-state index in [-0.39, 0.29) is 23.8 Å². The Bertz CT molecular complexity index is 843. The summed E-state index contributed by atoms with van der Waals surface area (Å²) in [5.41, 5.74) is 4.76. The van der Waals surface area contributed by atoms with Crippen molar-refractivity contribution in [3.8, 4) is 0 Å². The van der Waals surface area contributed by atoms with E-state index in [1.807, 2.05) is 55.3 Å². The molecule has 4 heteroatoms. The van der Waals surface area contributed by atoms with Gasteiger partial charge in [-0.05, 0) is 30.0 Å². The molecular weight excluding hydrogens is 324 g/mol. The van der Waals surface area contributed by atoms with Crippen LogP contribution in [0.15, 0.2) is 48.5 Å². The maximum absolute atomic E-state index is 13.3. The summed E-state index contributed by atoms with van der Waals surface area (Å²) in [5, 5.41) is 0. The fourth-order valence-corrected chi connectivity index (χ4v) is 4.23. The number of fused-ring (bicyclic) bond motifs is 1. The molecule has 0 N–H and O–H groups in total. The zero-order valence-corrected chi connectivity index (χ0v) is 15.3. The number of amides is 2. The summed E-state index contributed by atoms with van der Waals surface area (Å²) in [7, 11) is 1.81. The Morgan fingerprint density at radius 2 is 1.73 bits per heavy atom. The summed E-state index contributed by atoms with van der Waals surface area (Å²) in [6, 6.07) is 16.3. The second-order valence-corrected chi connectivity index (χ2v) is 7.45. The molecule has 2 aliphatic rings. The van der Waals surface area contributed by atoms with Gasteiger partial charge in [-0.1, -0.05) is 54.1 Å². The predicted molar refractivity (Wildman–Crippen MR) is 100 cm³/mol. The van der Waals surface area contributed by atoms with E-state index in [1.54, 1.807) is 4.90 Å². The van der Waals surface area contributed by atoms with Crippen LogP contribution in [0.3, 0.4) is 0 Å². The van der Waals surface area contributed by atoms with Gasteiger partial charge >= 0.3 is 0 Å². The molecule has 26 heavy (non-hydrogen) atoms. The molecule has 4 nitrogen and oxygen atoms in total. The van der Waals surface area contributed by atoms with Crippen LogP contribution in [0.25, 0.3) is 0 Å². The standard InChI is InChI=1S/C22H24N2O2/c1-15-7-9-17(10-8-15)21-19(13-20(25)23(21)2)22(26)24-12-11-16-5-3-4-6-18(16)14-24/h3-10,19,21H,11-14H2,1-2H3/t19-,21-/m0/s1. The maximum Gasteiger partial charge on any atom is 0.228 e. The van der Waals surface area contributed by atoms with E-state index in [1.165, 1.54) is 16.7 Å². The summed E-state index contributed by atoms with van der Waals surface area (Å²) in [4.78, 5) is 29.3.